The van der Waals surface area contributed by atoms with Gasteiger partial charge in [0, 0.05) is 5.92 Å². The topological polar surface area (TPSA) is 124 Å². The molecule has 0 aliphatic carbocycles. The zero-order valence-corrected chi connectivity index (χ0v) is 20.9. The van der Waals surface area contributed by atoms with Crippen LogP contribution in [0.3, 0.4) is 0 Å². The van der Waals surface area contributed by atoms with Crippen molar-refractivity contribution < 1.29 is 19.4 Å². The fourth-order valence-corrected chi connectivity index (χ4v) is 4.33. The van der Waals surface area contributed by atoms with Crippen LogP contribution in [0, 0.1) is 5.95 Å². The van der Waals surface area contributed by atoms with Crippen LogP contribution in [0.2, 0.25) is 0 Å². The predicted molar refractivity (Wildman–Crippen MR) is 138 cm³/mol. The normalized spacial score (nSPS) is 14.3. The van der Waals surface area contributed by atoms with Gasteiger partial charge < -0.3 is 20.5 Å². The number of H-pyrrole nitrogens is 1. The number of nitrogens with zero attached hydrogens (tertiary/aromatic N) is 3. The van der Waals surface area contributed by atoms with E-state index in [1.54, 1.807) is 19.9 Å². The summed E-state index contributed by atoms with van der Waals surface area (Å²) in [6.45, 7) is 3.40. The quantitative estimate of drug-likeness (QED) is 0.245. The van der Waals surface area contributed by atoms with E-state index in [9.17, 15) is 19.4 Å². The SMILES string of the molecule is CC(C)(O)CC[C@H](C[C@H](O)[C@H](Cc1ccccc1)NC(=O)c1cnc2ccccc2n1)c1ncc(F)[nH]1. The molecule has 9 heteroatoms. The van der Waals surface area contributed by atoms with Gasteiger partial charge in [-0.25, -0.2) is 9.97 Å². The molecular formula is C28H32FN5O3. The van der Waals surface area contributed by atoms with E-state index < -0.39 is 29.6 Å². The molecule has 2 aromatic heterocycles. The van der Waals surface area contributed by atoms with E-state index in [1.165, 1.54) is 6.20 Å². The minimum Gasteiger partial charge on any atom is -0.391 e. The summed E-state index contributed by atoms with van der Waals surface area (Å²) in [6.07, 6.45) is 2.99. The molecule has 4 rings (SSSR count). The Morgan fingerprint density at radius 2 is 1.76 bits per heavy atom. The maximum atomic E-state index is 13.7. The smallest absolute Gasteiger partial charge is 0.271 e. The summed E-state index contributed by atoms with van der Waals surface area (Å²) in [5.74, 6) is -0.982. The second-order valence-corrected chi connectivity index (χ2v) is 9.98. The molecule has 0 aliphatic rings. The number of aromatic nitrogens is 4. The Morgan fingerprint density at radius 3 is 2.43 bits per heavy atom. The molecule has 3 atom stereocenters. The van der Waals surface area contributed by atoms with Gasteiger partial charge in [-0.1, -0.05) is 42.5 Å². The summed E-state index contributed by atoms with van der Waals surface area (Å²) < 4.78 is 13.7. The number of para-hydroxylation sites is 2. The molecule has 0 aliphatic heterocycles. The largest absolute Gasteiger partial charge is 0.391 e. The standard InChI is InChI=1S/C28H32FN5O3/c1-28(2,37)13-12-19(26-31-17-25(29)34-26)15-24(35)22(14-18-8-4-3-5-9-18)33-27(36)23-16-30-20-10-6-7-11-21(20)32-23/h3-11,16-17,19,22,24,35,37H,12-15H2,1-2H3,(H,31,34)(H,33,36)/t19-,22+,24+/m1/s1. The van der Waals surface area contributed by atoms with E-state index in [1.807, 2.05) is 48.5 Å². The highest BCUT2D eigenvalue weighted by atomic mass is 19.1. The number of imidazole rings is 1. The van der Waals surface area contributed by atoms with Crippen molar-refractivity contribution in [2.75, 3.05) is 0 Å². The number of carbonyl (C=O) groups is 1. The number of aliphatic hydroxyl groups is 2. The van der Waals surface area contributed by atoms with Gasteiger partial charge >= 0.3 is 0 Å². The van der Waals surface area contributed by atoms with Gasteiger partial charge in [0.25, 0.3) is 5.91 Å². The van der Waals surface area contributed by atoms with Gasteiger partial charge in [0.1, 0.15) is 11.5 Å². The number of hydrogen-bond acceptors (Lipinski definition) is 6. The lowest BCUT2D eigenvalue weighted by atomic mass is 9.87. The van der Waals surface area contributed by atoms with Crippen molar-refractivity contribution in [1.82, 2.24) is 25.3 Å². The van der Waals surface area contributed by atoms with Gasteiger partial charge in [-0.2, -0.15) is 4.39 Å². The highest BCUT2D eigenvalue weighted by molar-refractivity contribution is 5.94. The fraction of sp³-hybridized carbons (Fsp3) is 0.357. The molecule has 37 heavy (non-hydrogen) atoms. The lowest BCUT2D eigenvalue weighted by molar-refractivity contribution is 0.0593. The second kappa shape index (κ2) is 11.6. The maximum Gasteiger partial charge on any atom is 0.271 e. The van der Waals surface area contributed by atoms with Crippen LogP contribution in [-0.4, -0.2) is 53.8 Å². The van der Waals surface area contributed by atoms with E-state index in [4.69, 9.17) is 0 Å². The molecule has 0 saturated carbocycles. The Morgan fingerprint density at radius 1 is 1.05 bits per heavy atom. The van der Waals surface area contributed by atoms with E-state index in [0.717, 1.165) is 11.8 Å². The first kappa shape index (κ1) is 26.4. The summed E-state index contributed by atoms with van der Waals surface area (Å²) in [4.78, 5) is 28.7. The van der Waals surface area contributed by atoms with Crippen LogP contribution in [0.25, 0.3) is 11.0 Å². The van der Waals surface area contributed by atoms with Crippen molar-refractivity contribution in [2.45, 2.75) is 63.2 Å². The van der Waals surface area contributed by atoms with Crippen LogP contribution in [0.5, 0.6) is 0 Å². The third-order valence-electron chi connectivity index (χ3n) is 6.34. The van der Waals surface area contributed by atoms with Crippen LogP contribution in [0.1, 0.15) is 60.9 Å². The van der Waals surface area contributed by atoms with Crippen LogP contribution in [0.4, 0.5) is 4.39 Å². The van der Waals surface area contributed by atoms with Gasteiger partial charge in [-0.15, -0.1) is 0 Å². The lowest BCUT2D eigenvalue weighted by Crippen LogP contribution is -2.45. The number of amides is 1. The van der Waals surface area contributed by atoms with Crippen molar-refractivity contribution in [2.24, 2.45) is 0 Å². The summed E-state index contributed by atoms with van der Waals surface area (Å²) >= 11 is 0. The number of aromatic amines is 1. The van der Waals surface area contributed by atoms with E-state index in [-0.39, 0.29) is 18.0 Å². The van der Waals surface area contributed by atoms with Gasteiger partial charge in [-0.3, -0.25) is 9.78 Å². The van der Waals surface area contributed by atoms with Crippen molar-refractivity contribution in [1.29, 1.82) is 0 Å². The van der Waals surface area contributed by atoms with Gasteiger partial charge in [0.15, 0.2) is 0 Å². The number of benzene rings is 2. The first-order chi connectivity index (χ1) is 17.7. The lowest BCUT2D eigenvalue weighted by Gasteiger charge is -2.28. The third kappa shape index (κ3) is 7.41. The van der Waals surface area contributed by atoms with Crippen molar-refractivity contribution in [3.63, 3.8) is 0 Å². The van der Waals surface area contributed by atoms with Crippen LogP contribution >= 0.6 is 0 Å². The van der Waals surface area contributed by atoms with Crippen molar-refractivity contribution >= 4 is 16.9 Å². The molecule has 2 heterocycles. The molecule has 0 bridgehead atoms. The predicted octanol–water partition coefficient (Wildman–Crippen LogP) is 3.92. The highest BCUT2D eigenvalue weighted by Crippen LogP contribution is 2.29. The Kier molecular flexibility index (Phi) is 8.25. The first-order valence-corrected chi connectivity index (χ1v) is 12.4. The molecule has 8 nitrogen and oxygen atoms in total. The molecule has 0 radical (unpaired) electrons. The van der Waals surface area contributed by atoms with Gasteiger partial charge in [0.05, 0.1) is 41.2 Å². The van der Waals surface area contributed by atoms with E-state index in [2.05, 4.69) is 25.3 Å². The zero-order chi connectivity index (χ0) is 26.4. The molecule has 1 amide bonds. The fourth-order valence-electron chi connectivity index (χ4n) is 4.33. The van der Waals surface area contributed by atoms with Crippen molar-refractivity contribution in [3.05, 3.63) is 90.0 Å². The molecular weight excluding hydrogens is 473 g/mol. The third-order valence-corrected chi connectivity index (χ3v) is 6.34. The Balaban J connectivity index is 1.56. The summed E-state index contributed by atoms with van der Waals surface area (Å²) in [5, 5.41) is 24.5. The Bertz CT molecular complexity index is 1320. The number of fused-ring (bicyclic) bond motifs is 1. The van der Waals surface area contributed by atoms with Crippen molar-refractivity contribution in [3.8, 4) is 0 Å². The number of rotatable bonds is 11. The zero-order valence-electron chi connectivity index (χ0n) is 20.9. The molecule has 0 saturated heterocycles. The molecule has 0 fully saturated rings. The number of nitrogens with one attached hydrogen (secondary N) is 2. The minimum absolute atomic E-state index is 0.149. The Labute approximate surface area is 215 Å². The highest BCUT2D eigenvalue weighted by Gasteiger charge is 2.29. The maximum absolute atomic E-state index is 13.7. The van der Waals surface area contributed by atoms with Crippen LogP contribution in [-0.2, 0) is 6.42 Å². The molecule has 194 valence electrons. The Hall–Kier alpha value is -3.69. The van der Waals surface area contributed by atoms with Crippen LogP contribution < -0.4 is 5.32 Å². The first-order valence-electron chi connectivity index (χ1n) is 12.4. The average Bonchev–Trinajstić information content (AvgIpc) is 3.31. The number of halogens is 1. The molecule has 2 aromatic carbocycles. The van der Waals surface area contributed by atoms with Gasteiger partial charge in [-0.05, 0) is 57.2 Å². The molecule has 4 aromatic rings. The monoisotopic (exact) mass is 505 g/mol. The number of carbonyl (C=O) groups excluding carboxylic acids is 1. The average molecular weight is 506 g/mol. The van der Waals surface area contributed by atoms with Crippen LogP contribution in [0.15, 0.2) is 67.0 Å². The molecule has 4 N–H and O–H groups in total. The second-order valence-electron chi connectivity index (χ2n) is 9.98. The van der Waals surface area contributed by atoms with E-state index in [0.29, 0.717) is 36.1 Å². The van der Waals surface area contributed by atoms with Gasteiger partial charge in [0.2, 0.25) is 5.95 Å². The van der Waals surface area contributed by atoms with E-state index >= 15 is 0 Å². The minimum atomic E-state index is -0.988. The molecule has 0 unspecified atom stereocenters. The summed E-state index contributed by atoms with van der Waals surface area (Å²) in [5.41, 5.74) is 1.44. The summed E-state index contributed by atoms with van der Waals surface area (Å²) in [6, 6.07) is 16.2. The number of hydrogen-bond donors (Lipinski definition) is 4. The molecule has 0 spiro atoms. The summed E-state index contributed by atoms with van der Waals surface area (Å²) in [7, 11) is 0. The number of aliphatic hydroxyl groups excluding tert-OH is 1.